The minimum atomic E-state index is -3.64. The van der Waals surface area contributed by atoms with Crippen molar-refractivity contribution in [3.05, 3.63) is 53.6 Å². The Kier molecular flexibility index (Phi) is 8.15. The molecule has 0 bridgehead atoms. The number of methoxy groups -OCH3 is 1. The van der Waals surface area contributed by atoms with E-state index in [0.717, 1.165) is 43.6 Å². The van der Waals surface area contributed by atoms with Crippen LogP contribution in [0, 0.1) is 0 Å². The van der Waals surface area contributed by atoms with Gasteiger partial charge >= 0.3 is 0 Å². The zero-order valence-corrected chi connectivity index (χ0v) is 20.0. The molecule has 2 aromatic carbocycles. The lowest BCUT2D eigenvalue weighted by Gasteiger charge is -2.26. The van der Waals surface area contributed by atoms with Crippen molar-refractivity contribution in [1.29, 1.82) is 0 Å². The zero-order chi connectivity index (χ0) is 23.1. The Morgan fingerprint density at radius 3 is 2.28 bits per heavy atom. The Bertz CT molecular complexity index is 1010. The molecular formula is C24H33N3O4S. The normalized spacial score (nSPS) is 14.7. The summed E-state index contributed by atoms with van der Waals surface area (Å²) in [5, 5.41) is 2.88. The molecule has 32 heavy (non-hydrogen) atoms. The van der Waals surface area contributed by atoms with E-state index in [-0.39, 0.29) is 16.4 Å². The first-order valence-corrected chi connectivity index (χ1v) is 12.6. The van der Waals surface area contributed by atoms with Crippen LogP contribution >= 0.6 is 0 Å². The van der Waals surface area contributed by atoms with Crippen LogP contribution in [0.5, 0.6) is 5.75 Å². The highest BCUT2D eigenvalue weighted by Crippen LogP contribution is 2.26. The summed E-state index contributed by atoms with van der Waals surface area (Å²) in [6, 6.07) is 12.5. The number of piperidine rings is 1. The molecule has 0 aliphatic carbocycles. The summed E-state index contributed by atoms with van der Waals surface area (Å²) in [6.07, 6.45) is 2.75. The first-order valence-electron chi connectivity index (χ1n) is 11.2. The van der Waals surface area contributed by atoms with Crippen LogP contribution in [0.25, 0.3) is 0 Å². The molecule has 1 saturated heterocycles. The number of sulfonamides is 1. The van der Waals surface area contributed by atoms with E-state index in [1.54, 1.807) is 6.07 Å². The lowest BCUT2D eigenvalue weighted by atomic mass is 10.1. The molecule has 0 aromatic heterocycles. The summed E-state index contributed by atoms with van der Waals surface area (Å²) in [6.45, 7) is 7.46. The van der Waals surface area contributed by atoms with E-state index in [4.69, 9.17) is 4.74 Å². The quantitative estimate of drug-likeness (QED) is 0.619. The van der Waals surface area contributed by atoms with Crippen molar-refractivity contribution in [1.82, 2.24) is 9.62 Å². The van der Waals surface area contributed by atoms with E-state index in [2.05, 4.69) is 24.1 Å². The fourth-order valence-electron chi connectivity index (χ4n) is 3.97. The molecule has 1 amide bonds. The van der Waals surface area contributed by atoms with Crippen LogP contribution in [-0.4, -0.2) is 51.9 Å². The van der Waals surface area contributed by atoms with Gasteiger partial charge in [0.15, 0.2) is 0 Å². The van der Waals surface area contributed by atoms with Gasteiger partial charge in [-0.2, -0.15) is 4.31 Å². The molecular weight excluding hydrogens is 426 g/mol. The molecule has 0 unspecified atom stereocenters. The van der Waals surface area contributed by atoms with Gasteiger partial charge in [-0.05, 0) is 62.6 Å². The number of nitrogens with zero attached hydrogens (tertiary/aromatic N) is 2. The van der Waals surface area contributed by atoms with Gasteiger partial charge in [0.1, 0.15) is 5.75 Å². The van der Waals surface area contributed by atoms with E-state index < -0.39 is 10.0 Å². The third-order valence-corrected chi connectivity index (χ3v) is 7.78. The highest BCUT2D eigenvalue weighted by atomic mass is 32.2. The summed E-state index contributed by atoms with van der Waals surface area (Å²) < 4.78 is 32.9. The minimum absolute atomic E-state index is 0.119. The predicted molar refractivity (Wildman–Crippen MR) is 127 cm³/mol. The molecule has 3 rings (SSSR count). The van der Waals surface area contributed by atoms with Crippen LogP contribution in [0.3, 0.4) is 0 Å². The molecule has 7 nitrogen and oxygen atoms in total. The number of carbonyl (C=O) groups is 1. The number of hydrogen-bond donors (Lipinski definition) is 1. The van der Waals surface area contributed by atoms with Crippen molar-refractivity contribution in [2.75, 3.05) is 38.2 Å². The van der Waals surface area contributed by atoms with E-state index in [1.807, 2.05) is 24.3 Å². The van der Waals surface area contributed by atoms with Gasteiger partial charge in [0.2, 0.25) is 10.0 Å². The number of nitrogens with one attached hydrogen (secondary N) is 1. The molecule has 0 spiro atoms. The lowest BCUT2D eigenvalue weighted by molar-refractivity contribution is 0.0947. The third kappa shape index (κ3) is 5.42. The summed E-state index contributed by atoms with van der Waals surface area (Å²) in [5.41, 5.74) is 2.32. The SMILES string of the molecule is CCN(CC)c1ccc(CNC(=O)c2cc(S(=O)(=O)N3CCCCC3)ccc2OC)cc1. The van der Waals surface area contributed by atoms with E-state index in [9.17, 15) is 13.2 Å². The van der Waals surface area contributed by atoms with Crippen molar-refractivity contribution in [3.8, 4) is 5.75 Å². The highest BCUT2D eigenvalue weighted by molar-refractivity contribution is 7.89. The van der Waals surface area contributed by atoms with Gasteiger partial charge in [-0.25, -0.2) is 8.42 Å². The molecule has 0 radical (unpaired) electrons. The number of benzene rings is 2. The fourth-order valence-corrected chi connectivity index (χ4v) is 5.51. The van der Waals surface area contributed by atoms with Gasteiger partial charge in [-0.3, -0.25) is 4.79 Å². The molecule has 1 N–H and O–H groups in total. The molecule has 2 aromatic rings. The standard InChI is InChI=1S/C24H33N3O4S/c1-4-26(5-2)20-11-9-19(10-12-20)18-25-24(28)22-17-21(13-14-23(22)31-3)32(29,30)27-15-7-6-8-16-27/h9-14,17H,4-8,15-16,18H2,1-3H3,(H,25,28). The summed E-state index contributed by atoms with van der Waals surface area (Å²) >= 11 is 0. The van der Waals surface area contributed by atoms with Crippen LogP contribution < -0.4 is 15.0 Å². The molecule has 174 valence electrons. The van der Waals surface area contributed by atoms with Crippen molar-refractivity contribution in [2.45, 2.75) is 44.6 Å². The highest BCUT2D eigenvalue weighted by Gasteiger charge is 2.27. The van der Waals surface area contributed by atoms with Crippen molar-refractivity contribution < 1.29 is 17.9 Å². The van der Waals surface area contributed by atoms with Crippen LogP contribution in [-0.2, 0) is 16.6 Å². The lowest BCUT2D eigenvalue weighted by Crippen LogP contribution is -2.35. The van der Waals surface area contributed by atoms with Crippen LogP contribution in [0.2, 0.25) is 0 Å². The summed E-state index contributed by atoms with van der Waals surface area (Å²) in [5.74, 6) is -0.0256. The molecule has 1 heterocycles. The predicted octanol–water partition coefficient (Wildman–Crippen LogP) is 3.65. The Balaban J connectivity index is 1.75. The van der Waals surface area contributed by atoms with Gasteiger partial charge in [0.25, 0.3) is 5.91 Å². The Labute approximate surface area is 191 Å². The first kappa shape index (κ1) is 24.1. The first-order chi connectivity index (χ1) is 15.4. The van der Waals surface area contributed by atoms with E-state index >= 15 is 0 Å². The third-order valence-electron chi connectivity index (χ3n) is 5.89. The Hall–Kier alpha value is -2.58. The number of rotatable bonds is 9. The maximum atomic E-state index is 13.0. The van der Waals surface area contributed by atoms with Crippen molar-refractivity contribution in [2.24, 2.45) is 0 Å². The molecule has 1 aliphatic rings. The average Bonchev–Trinajstić information content (AvgIpc) is 2.84. The van der Waals surface area contributed by atoms with Crippen LogP contribution in [0.15, 0.2) is 47.4 Å². The van der Waals surface area contributed by atoms with Crippen molar-refractivity contribution in [3.63, 3.8) is 0 Å². The van der Waals surface area contributed by atoms with Crippen LogP contribution in [0.4, 0.5) is 5.69 Å². The fraction of sp³-hybridized carbons (Fsp3) is 0.458. The molecule has 0 saturated carbocycles. The van der Waals surface area contributed by atoms with Gasteiger partial charge in [-0.1, -0.05) is 18.6 Å². The van der Waals surface area contributed by atoms with Crippen LogP contribution in [0.1, 0.15) is 49.0 Å². The molecule has 1 fully saturated rings. The van der Waals surface area contributed by atoms with E-state index in [1.165, 1.54) is 23.5 Å². The minimum Gasteiger partial charge on any atom is -0.496 e. The largest absolute Gasteiger partial charge is 0.496 e. The van der Waals surface area contributed by atoms with Gasteiger partial charge in [0.05, 0.1) is 17.6 Å². The van der Waals surface area contributed by atoms with Gasteiger partial charge in [0, 0.05) is 38.4 Å². The summed E-state index contributed by atoms with van der Waals surface area (Å²) in [4.78, 5) is 15.3. The maximum Gasteiger partial charge on any atom is 0.255 e. The monoisotopic (exact) mass is 459 g/mol. The second-order valence-electron chi connectivity index (χ2n) is 7.85. The smallest absolute Gasteiger partial charge is 0.255 e. The number of anilines is 1. The number of ether oxygens (including phenoxy) is 1. The topological polar surface area (TPSA) is 79.0 Å². The maximum absolute atomic E-state index is 13.0. The number of hydrogen-bond acceptors (Lipinski definition) is 5. The average molecular weight is 460 g/mol. The van der Waals surface area contributed by atoms with E-state index in [0.29, 0.717) is 25.4 Å². The second-order valence-corrected chi connectivity index (χ2v) is 9.79. The molecule has 1 aliphatic heterocycles. The number of amides is 1. The second kappa shape index (κ2) is 10.8. The van der Waals surface area contributed by atoms with Gasteiger partial charge < -0.3 is 15.0 Å². The van der Waals surface area contributed by atoms with Crippen molar-refractivity contribution >= 4 is 21.6 Å². The zero-order valence-electron chi connectivity index (χ0n) is 19.1. The molecule has 8 heteroatoms. The molecule has 0 atom stereocenters. The van der Waals surface area contributed by atoms with Gasteiger partial charge in [-0.15, -0.1) is 0 Å². The Morgan fingerprint density at radius 1 is 1.03 bits per heavy atom. The number of carbonyl (C=O) groups excluding carboxylic acids is 1. The Morgan fingerprint density at radius 2 is 1.69 bits per heavy atom. The summed E-state index contributed by atoms with van der Waals surface area (Å²) in [7, 11) is -2.17.